The lowest BCUT2D eigenvalue weighted by Crippen LogP contribution is -2.31. The van der Waals surface area contributed by atoms with Crippen LogP contribution in [0.15, 0.2) is 15.8 Å². The third-order valence-electron chi connectivity index (χ3n) is 2.11. The number of nitrogens with one attached hydrogen (secondary N) is 1. The van der Waals surface area contributed by atoms with E-state index < -0.39 is 5.69 Å². The van der Waals surface area contributed by atoms with E-state index in [1.54, 1.807) is 6.92 Å². The number of carbonyl (C=O) groups is 1. The molecule has 0 saturated heterocycles. The van der Waals surface area contributed by atoms with Gasteiger partial charge in [0, 0.05) is 24.1 Å². The Morgan fingerprint density at radius 1 is 1.53 bits per heavy atom. The molecule has 17 heavy (non-hydrogen) atoms. The van der Waals surface area contributed by atoms with Gasteiger partial charge in [0.15, 0.2) is 0 Å². The first-order valence-corrected chi connectivity index (χ1v) is 6.15. The molecule has 0 aliphatic carbocycles. The number of thioether (sulfide) groups is 1. The summed E-state index contributed by atoms with van der Waals surface area (Å²) in [5.74, 6) is 0.564. The molecule has 1 heterocycles. The van der Waals surface area contributed by atoms with Crippen molar-refractivity contribution in [1.82, 2.24) is 9.55 Å². The Kier molecular flexibility index (Phi) is 5.02. The van der Waals surface area contributed by atoms with Gasteiger partial charge in [0.1, 0.15) is 0 Å². The third kappa shape index (κ3) is 4.10. The molecule has 0 radical (unpaired) electrons. The Balaban J connectivity index is 2.53. The van der Waals surface area contributed by atoms with E-state index >= 15 is 0 Å². The molecule has 7 heteroatoms. The van der Waals surface area contributed by atoms with Crippen LogP contribution < -0.4 is 11.2 Å². The predicted molar refractivity (Wildman–Crippen MR) is 65.4 cm³/mol. The molecule has 6 nitrogen and oxygen atoms in total. The maximum atomic E-state index is 11.4. The number of methoxy groups -OCH3 is 1. The number of hydrogen-bond donors (Lipinski definition) is 1. The van der Waals surface area contributed by atoms with Crippen molar-refractivity contribution in [1.29, 1.82) is 0 Å². The molecular formula is C10H14N2O4S. The maximum Gasteiger partial charge on any atom is 0.328 e. The van der Waals surface area contributed by atoms with E-state index in [2.05, 4.69) is 9.72 Å². The van der Waals surface area contributed by atoms with E-state index in [1.807, 2.05) is 0 Å². The number of aryl methyl sites for hydroxylation is 2. The van der Waals surface area contributed by atoms with Gasteiger partial charge in [0.2, 0.25) is 0 Å². The minimum Gasteiger partial charge on any atom is -0.468 e. The molecule has 0 bridgehead atoms. The number of H-pyrrole nitrogens is 1. The number of aromatic amines is 1. The first kappa shape index (κ1) is 13.6. The highest BCUT2D eigenvalue weighted by atomic mass is 32.2. The molecule has 0 atom stereocenters. The van der Waals surface area contributed by atoms with Crippen molar-refractivity contribution in [2.75, 3.05) is 18.6 Å². The Bertz CT molecular complexity index is 506. The van der Waals surface area contributed by atoms with Gasteiger partial charge in [0.05, 0.1) is 12.9 Å². The molecule has 0 fully saturated rings. The summed E-state index contributed by atoms with van der Waals surface area (Å²) < 4.78 is 5.90. The molecule has 0 aliphatic rings. The van der Waals surface area contributed by atoms with E-state index in [4.69, 9.17) is 0 Å². The van der Waals surface area contributed by atoms with Crippen LogP contribution in [0.2, 0.25) is 0 Å². The number of esters is 1. The number of nitrogens with zero attached hydrogens (tertiary/aromatic N) is 1. The fraction of sp³-hybridized carbons (Fsp3) is 0.500. The second kappa shape index (κ2) is 6.29. The lowest BCUT2D eigenvalue weighted by molar-refractivity contribution is -0.137. The molecule has 1 rings (SSSR count). The van der Waals surface area contributed by atoms with Crippen LogP contribution in [0.3, 0.4) is 0 Å². The maximum absolute atomic E-state index is 11.4. The van der Waals surface area contributed by atoms with Crippen molar-refractivity contribution >= 4 is 17.7 Å². The van der Waals surface area contributed by atoms with Crippen molar-refractivity contribution in [3.8, 4) is 0 Å². The number of rotatable bonds is 5. The lowest BCUT2D eigenvalue weighted by Gasteiger charge is -2.05. The summed E-state index contributed by atoms with van der Waals surface area (Å²) in [6.45, 7) is 2.08. The molecule has 0 aromatic carbocycles. The number of aromatic nitrogens is 2. The van der Waals surface area contributed by atoms with Gasteiger partial charge >= 0.3 is 11.7 Å². The van der Waals surface area contributed by atoms with Gasteiger partial charge in [-0.25, -0.2) is 4.79 Å². The van der Waals surface area contributed by atoms with Crippen LogP contribution >= 0.6 is 11.8 Å². The summed E-state index contributed by atoms with van der Waals surface area (Å²) in [6.07, 6.45) is 1.51. The monoisotopic (exact) mass is 258 g/mol. The smallest absolute Gasteiger partial charge is 0.328 e. The number of carbonyl (C=O) groups excluding carboxylic acids is 1. The van der Waals surface area contributed by atoms with Crippen LogP contribution in [0.5, 0.6) is 0 Å². The molecule has 1 aromatic rings. The highest BCUT2D eigenvalue weighted by Crippen LogP contribution is 2.01. The topological polar surface area (TPSA) is 81.2 Å². The van der Waals surface area contributed by atoms with Crippen LogP contribution in [0.25, 0.3) is 0 Å². The van der Waals surface area contributed by atoms with E-state index in [9.17, 15) is 14.4 Å². The van der Waals surface area contributed by atoms with Crippen molar-refractivity contribution in [2.45, 2.75) is 13.5 Å². The third-order valence-corrected chi connectivity index (χ3v) is 3.02. The Morgan fingerprint density at radius 3 is 2.88 bits per heavy atom. The fourth-order valence-corrected chi connectivity index (χ4v) is 1.92. The minimum atomic E-state index is -0.431. The van der Waals surface area contributed by atoms with Gasteiger partial charge in [-0.05, 0) is 6.92 Å². The van der Waals surface area contributed by atoms with Crippen LogP contribution in [0, 0.1) is 6.92 Å². The summed E-state index contributed by atoms with van der Waals surface area (Å²) in [7, 11) is 1.33. The molecule has 0 saturated carbocycles. The van der Waals surface area contributed by atoms with Gasteiger partial charge in [-0.3, -0.25) is 19.1 Å². The number of ether oxygens (including phenoxy) is 1. The van der Waals surface area contributed by atoms with Crippen molar-refractivity contribution in [3.05, 3.63) is 32.6 Å². The first-order valence-electron chi connectivity index (χ1n) is 4.99. The summed E-state index contributed by atoms with van der Waals surface area (Å²) in [4.78, 5) is 35.5. The van der Waals surface area contributed by atoms with Crippen LogP contribution in [-0.2, 0) is 16.1 Å². The quantitative estimate of drug-likeness (QED) is 0.582. The molecular weight excluding hydrogens is 244 g/mol. The minimum absolute atomic E-state index is 0.258. The van der Waals surface area contributed by atoms with Gasteiger partial charge in [0.25, 0.3) is 5.56 Å². The molecule has 1 N–H and O–H groups in total. The van der Waals surface area contributed by atoms with E-state index in [0.29, 0.717) is 17.9 Å². The van der Waals surface area contributed by atoms with Crippen molar-refractivity contribution < 1.29 is 9.53 Å². The van der Waals surface area contributed by atoms with Crippen LogP contribution in [0.4, 0.5) is 0 Å². The summed E-state index contributed by atoms with van der Waals surface area (Å²) >= 11 is 1.37. The second-order valence-corrected chi connectivity index (χ2v) is 4.50. The Labute approximate surface area is 102 Å². The summed E-state index contributed by atoms with van der Waals surface area (Å²) in [6, 6.07) is 0. The zero-order valence-corrected chi connectivity index (χ0v) is 10.5. The molecule has 0 amide bonds. The van der Waals surface area contributed by atoms with Gasteiger partial charge in [-0.2, -0.15) is 0 Å². The normalized spacial score (nSPS) is 10.2. The van der Waals surface area contributed by atoms with Crippen LogP contribution in [-0.4, -0.2) is 34.1 Å². The Morgan fingerprint density at radius 2 is 2.24 bits per heavy atom. The molecule has 0 aliphatic heterocycles. The van der Waals surface area contributed by atoms with Gasteiger partial charge in [-0.1, -0.05) is 0 Å². The SMILES string of the molecule is COC(=O)CSCCn1cc(C)c(=O)[nH]c1=O. The molecule has 94 valence electrons. The van der Waals surface area contributed by atoms with Gasteiger partial charge in [-0.15, -0.1) is 11.8 Å². The van der Waals surface area contributed by atoms with Crippen molar-refractivity contribution in [2.24, 2.45) is 0 Å². The molecule has 1 aromatic heterocycles. The van der Waals surface area contributed by atoms with E-state index in [-0.39, 0.29) is 17.3 Å². The summed E-state index contributed by atoms with van der Waals surface area (Å²) in [5.41, 5.74) is -0.310. The zero-order chi connectivity index (χ0) is 12.8. The predicted octanol–water partition coefficient (Wildman–Crippen LogP) is -0.249. The first-order chi connectivity index (χ1) is 8.04. The summed E-state index contributed by atoms with van der Waals surface area (Å²) in [5, 5.41) is 0. The average Bonchev–Trinajstić information content (AvgIpc) is 2.30. The lowest BCUT2D eigenvalue weighted by atomic mass is 10.4. The zero-order valence-electron chi connectivity index (χ0n) is 9.69. The Hall–Kier alpha value is -1.50. The average molecular weight is 258 g/mol. The second-order valence-electron chi connectivity index (χ2n) is 3.39. The van der Waals surface area contributed by atoms with E-state index in [1.165, 1.54) is 29.6 Å². The van der Waals surface area contributed by atoms with E-state index in [0.717, 1.165) is 0 Å². The molecule has 0 spiro atoms. The highest BCUT2D eigenvalue weighted by Gasteiger charge is 2.02. The highest BCUT2D eigenvalue weighted by molar-refractivity contribution is 7.99. The largest absolute Gasteiger partial charge is 0.468 e. The standard InChI is InChI=1S/C10H14N2O4S/c1-7-5-12(10(15)11-9(7)14)3-4-17-6-8(13)16-2/h5H,3-4,6H2,1-2H3,(H,11,14,15). The van der Waals surface area contributed by atoms with Crippen LogP contribution in [0.1, 0.15) is 5.56 Å². The van der Waals surface area contributed by atoms with Crippen molar-refractivity contribution in [3.63, 3.8) is 0 Å². The molecule has 0 unspecified atom stereocenters. The van der Waals surface area contributed by atoms with Gasteiger partial charge < -0.3 is 4.74 Å². The fourth-order valence-electron chi connectivity index (χ4n) is 1.16. The number of hydrogen-bond acceptors (Lipinski definition) is 5.